The highest BCUT2D eigenvalue weighted by Gasteiger charge is 2.20. The van der Waals surface area contributed by atoms with Gasteiger partial charge in [0.05, 0.1) is 28.5 Å². The van der Waals surface area contributed by atoms with E-state index in [1.54, 1.807) is 12.1 Å². The normalized spacial score (nSPS) is 13.4. The molecule has 0 saturated carbocycles. The Bertz CT molecular complexity index is 1120. The van der Waals surface area contributed by atoms with Crippen molar-refractivity contribution >= 4 is 34.5 Å². The molecule has 0 bridgehead atoms. The zero-order chi connectivity index (χ0) is 22.0. The Kier molecular flexibility index (Phi) is 6.04. The smallest absolute Gasteiger partial charge is 0.248 e. The summed E-state index contributed by atoms with van der Waals surface area (Å²) in [7, 11) is 0. The number of anilines is 2. The number of carbonyl (C=O) groups is 2. The van der Waals surface area contributed by atoms with E-state index in [0.29, 0.717) is 11.3 Å². The first kappa shape index (κ1) is 21.1. The Morgan fingerprint density at radius 2 is 1.81 bits per heavy atom. The fraction of sp³-hybridized carbons (Fsp3) is 0.292. The van der Waals surface area contributed by atoms with Gasteiger partial charge in [-0.1, -0.05) is 29.8 Å². The van der Waals surface area contributed by atoms with Crippen molar-refractivity contribution in [2.24, 2.45) is 5.73 Å². The van der Waals surface area contributed by atoms with Crippen molar-refractivity contribution < 1.29 is 9.59 Å². The van der Waals surface area contributed by atoms with Crippen molar-refractivity contribution in [2.75, 3.05) is 23.3 Å². The van der Waals surface area contributed by atoms with Crippen LogP contribution in [-0.4, -0.2) is 29.9 Å². The van der Waals surface area contributed by atoms with Crippen molar-refractivity contribution in [3.8, 4) is 11.3 Å². The molecule has 1 saturated heterocycles. The third-order valence-electron chi connectivity index (χ3n) is 5.45. The Hall–Kier alpha value is -3.19. The zero-order valence-electron chi connectivity index (χ0n) is 17.8. The van der Waals surface area contributed by atoms with Crippen LogP contribution in [0.15, 0.2) is 42.5 Å². The van der Waals surface area contributed by atoms with E-state index < -0.39 is 5.91 Å². The summed E-state index contributed by atoms with van der Waals surface area (Å²) in [5.74, 6) is -0.651. The number of nitrogens with one attached hydrogen (secondary N) is 1. The summed E-state index contributed by atoms with van der Waals surface area (Å²) >= 11 is 1.53. The second-order valence-corrected chi connectivity index (χ2v) is 9.17. The number of aromatic nitrogens is 1. The average molecular weight is 435 g/mol. The highest BCUT2D eigenvalue weighted by molar-refractivity contribution is 7.12. The van der Waals surface area contributed by atoms with Gasteiger partial charge in [0, 0.05) is 29.1 Å². The lowest BCUT2D eigenvalue weighted by Gasteiger charge is -2.22. The topological polar surface area (TPSA) is 88.3 Å². The number of primary amides is 1. The van der Waals surface area contributed by atoms with E-state index in [0.717, 1.165) is 52.8 Å². The fourth-order valence-electron chi connectivity index (χ4n) is 3.89. The van der Waals surface area contributed by atoms with Gasteiger partial charge in [0.15, 0.2) is 0 Å². The molecule has 4 rings (SSSR count). The summed E-state index contributed by atoms with van der Waals surface area (Å²) in [6.07, 6.45) is 2.45. The molecule has 3 N–H and O–H groups in total. The van der Waals surface area contributed by atoms with Gasteiger partial charge < -0.3 is 16.0 Å². The molecule has 1 aliphatic rings. The van der Waals surface area contributed by atoms with Crippen LogP contribution in [0, 0.1) is 13.8 Å². The van der Waals surface area contributed by atoms with E-state index in [-0.39, 0.29) is 12.3 Å². The van der Waals surface area contributed by atoms with Crippen LogP contribution in [0.3, 0.4) is 0 Å². The van der Waals surface area contributed by atoms with Crippen LogP contribution in [0.5, 0.6) is 0 Å². The second-order valence-electron chi connectivity index (χ2n) is 7.89. The molecule has 2 heterocycles. The number of benzene rings is 2. The fourth-order valence-corrected chi connectivity index (χ4v) is 4.85. The molecule has 0 atom stereocenters. The Balaban J connectivity index is 1.59. The first-order chi connectivity index (χ1) is 14.9. The molecule has 0 unspecified atom stereocenters. The summed E-state index contributed by atoms with van der Waals surface area (Å²) in [5.41, 5.74) is 10.4. The highest BCUT2D eigenvalue weighted by atomic mass is 32.1. The van der Waals surface area contributed by atoms with Crippen LogP contribution in [0.4, 0.5) is 11.4 Å². The van der Waals surface area contributed by atoms with E-state index in [1.165, 1.54) is 16.9 Å². The lowest BCUT2D eigenvalue weighted by atomic mass is 10.1. The molecular formula is C24H26N4O2S. The Morgan fingerprint density at radius 1 is 1.10 bits per heavy atom. The number of nitrogens with zero attached hydrogens (tertiary/aromatic N) is 2. The van der Waals surface area contributed by atoms with E-state index in [4.69, 9.17) is 5.73 Å². The molecule has 2 aromatic carbocycles. The van der Waals surface area contributed by atoms with Gasteiger partial charge in [0.25, 0.3) is 0 Å². The number of aryl methyl sites for hydroxylation is 2. The van der Waals surface area contributed by atoms with E-state index in [2.05, 4.69) is 15.2 Å². The lowest BCUT2D eigenvalue weighted by molar-refractivity contribution is -0.115. The van der Waals surface area contributed by atoms with Crippen molar-refractivity contribution in [3.63, 3.8) is 0 Å². The minimum Gasteiger partial charge on any atom is -0.370 e. The number of carbonyl (C=O) groups excluding carboxylic acids is 2. The van der Waals surface area contributed by atoms with Crippen molar-refractivity contribution in [2.45, 2.75) is 33.1 Å². The molecule has 2 amide bonds. The maximum Gasteiger partial charge on any atom is 0.248 e. The largest absolute Gasteiger partial charge is 0.370 e. The molecule has 1 fully saturated rings. The Morgan fingerprint density at radius 3 is 2.48 bits per heavy atom. The van der Waals surface area contributed by atoms with Crippen LogP contribution in [0.25, 0.3) is 11.3 Å². The van der Waals surface area contributed by atoms with Crippen LogP contribution >= 0.6 is 11.3 Å². The molecule has 6 nitrogen and oxygen atoms in total. The summed E-state index contributed by atoms with van der Waals surface area (Å²) in [6, 6.07) is 13.4. The number of thiazole rings is 1. The van der Waals surface area contributed by atoms with Crippen molar-refractivity contribution in [3.05, 3.63) is 63.5 Å². The van der Waals surface area contributed by atoms with Crippen LogP contribution in [0.1, 0.15) is 38.6 Å². The molecule has 0 aliphatic carbocycles. The predicted molar refractivity (Wildman–Crippen MR) is 126 cm³/mol. The Labute approximate surface area is 186 Å². The summed E-state index contributed by atoms with van der Waals surface area (Å²) in [6.45, 7) is 5.86. The molecule has 1 aromatic heterocycles. The summed E-state index contributed by atoms with van der Waals surface area (Å²) < 4.78 is 0. The molecule has 0 radical (unpaired) electrons. The van der Waals surface area contributed by atoms with Gasteiger partial charge in [-0.25, -0.2) is 4.98 Å². The molecule has 0 spiro atoms. The minimum absolute atomic E-state index is 0.140. The van der Waals surface area contributed by atoms with Crippen molar-refractivity contribution in [1.29, 1.82) is 0 Å². The molecule has 7 heteroatoms. The van der Waals surface area contributed by atoms with Crippen LogP contribution in [-0.2, 0) is 11.2 Å². The standard InChI is InChI=1S/C24H26N4O2S/c1-15-5-7-17(8-6-15)23-21(31-16(2)26-23)14-22(29)27-19-13-18(24(25)30)9-10-20(19)28-11-3-4-12-28/h5-10,13H,3-4,11-12,14H2,1-2H3,(H2,25,30)(H,27,29). The minimum atomic E-state index is -0.511. The first-order valence-corrected chi connectivity index (χ1v) is 11.2. The molecular weight excluding hydrogens is 408 g/mol. The number of amides is 2. The van der Waals surface area contributed by atoms with Crippen LogP contribution in [0.2, 0.25) is 0 Å². The van der Waals surface area contributed by atoms with E-state index in [1.807, 2.05) is 44.2 Å². The van der Waals surface area contributed by atoms with Gasteiger partial charge in [-0.15, -0.1) is 11.3 Å². The van der Waals surface area contributed by atoms with Gasteiger partial charge >= 0.3 is 0 Å². The maximum atomic E-state index is 13.0. The number of hydrogen-bond acceptors (Lipinski definition) is 5. The summed E-state index contributed by atoms with van der Waals surface area (Å²) in [4.78, 5) is 32.5. The third-order valence-corrected chi connectivity index (χ3v) is 6.42. The van der Waals surface area contributed by atoms with E-state index >= 15 is 0 Å². The maximum absolute atomic E-state index is 13.0. The van der Waals surface area contributed by atoms with E-state index in [9.17, 15) is 9.59 Å². The zero-order valence-corrected chi connectivity index (χ0v) is 18.6. The van der Waals surface area contributed by atoms with Gasteiger partial charge in [0.2, 0.25) is 11.8 Å². The second kappa shape index (κ2) is 8.89. The molecule has 3 aromatic rings. The lowest BCUT2D eigenvalue weighted by Crippen LogP contribution is -2.22. The van der Waals surface area contributed by atoms with Gasteiger partial charge in [-0.3, -0.25) is 9.59 Å². The quantitative estimate of drug-likeness (QED) is 0.605. The summed E-state index contributed by atoms with van der Waals surface area (Å²) in [5, 5.41) is 3.94. The van der Waals surface area contributed by atoms with Crippen molar-refractivity contribution in [1.82, 2.24) is 4.98 Å². The SMILES string of the molecule is Cc1ccc(-c2nc(C)sc2CC(=O)Nc2cc(C(N)=O)ccc2N2CCCC2)cc1. The number of hydrogen-bond donors (Lipinski definition) is 2. The average Bonchev–Trinajstić information content (AvgIpc) is 3.38. The predicted octanol–water partition coefficient (Wildman–Crippen LogP) is 4.31. The monoisotopic (exact) mass is 434 g/mol. The molecule has 160 valence electrons. The van der Waals surface area contributed by atoms with Gasteiger partial charge in [-0.05, 0) is 44.9 Å². The van der Waals surface area contributed by atoms with Gasteiger partial charge in [-0.2, -0.15) is 0 Å². The number of nitrogens with two attached hydrogens (primary N) is 1. The molecule has 31 heavy (non-hydrogen) atoms. The first-order valence-electron chi connectivity index (χ1n) is 10.4. The van der Waals surface area contributed by atoms with Crippen LogP contribution < -0.4 is 16.0 Å². The third kappa shape index (κ3) is 4.77. The molecule has 1 aliphatic heterocycles. The number of rotatable bonds is 6. The van der Waals surface area contributed by atoms with Gasteiger partial charge in [0.1, 0.15) is 0 Å². The highest BCUT2D eigenvalue weighted by Crippen LogP contribution is 2.32.